The average Bonchev–Trinajstić information content (AvgIpc) is 3.29. The van der Waals surface area contributed by atoms with E-state index in [1.807, 2.05) is 30.3 Å². The number of pyridine rings is 1. The number of carbonyl (C=O) groups is 1. The van der Waals surface area contributed by atoms with E-state index in [-0.39, 0.29) is 23.0 Å². The molecule has 0 spiro atoms. The number of aromatic hydroxyl groups is 1. The molecule has 8 nitrogen and oxygen atoms in total. The van der Waals surface area contributed by atoms with Gasteiger partial charge in [-0.1, -0.05) is 59.6 Å². The van der Waals surface area contributed by atoms with E-state index in [1.165, 1.54) is 18.2 Å². The highest BCUT2D eigenvalue weighted by atomic mass is 35.5. The van der Waals surface area contributed by atoms with E-state index < -0.39 is 23.4 Å². The Hall–Kier alpha value is -4.34. The Morgan fingerprint density at radius 1 is 1.03 bits per heavy atom. The summed E-state index contributed by atoms with van der Waals surface area (Å²) < 4.78 is 14.1. The van der Waals surface area contributed by atoms with Gasteiger partial charge in [0.15, 0.2) is 0 Å². The third-order valence-corrected chi connectivity index (χ3v) is 6.41. The van der Waals surface area contributed by atoms with Crippen molar-refractivity contribution in [2.75, 3.05) is 0 Å². The van der Waals surface area contributed by atoms with Gasteiger partial charge in [0.25, 0.3) is 5.56 Å². The van der Waals surface area contributed by atoms with Crippen molar-refractivity contribution in [1.82, 2.24) is 25.6 Å². The Morgan fingerprint density at radius 3 is 2.61 bits per heavy atom. The zero-order valence-electron chi connectivity index (χ0n) is 19.6. The van der Waals surface area contributed by atoms with Crippen LogP contribution in [0.2, 0.25) is 10.2 Å². The number of rotatable bonds is 6. The number of amides is 2. The number of aromatic amines is 2. The second-order valence-electron chi connectivity index (χ2n) is 8.47. The number of imidazole rings is 1. The van der Waals surface area contributed by atoms with Crippen molar-refractivity contribution in [3.05, 3.63) is 116 Å². The molecule has 3 aromatic carbocycles. The normalized spacial score (nSPS) is 11.9. The summed E-state index contributed by atoms with van der Waals surface area (Å²) in [6.07, 6.45) is 0. The van der Waals surface area contributed by atoms with E-state index in [9.17, 15) is 19.1 Å². The standard InChI is InChI=1S/C27H20Cl2FN5O3/c28-17-7-8-19(30)16(10-17)13-31-27(38)34-24(14-4-2-1-3-5-14)26-33-23(25(29)35-26)15-6-9-20-18(11-15)21(36)12-22(37)32-20/h1-12,24H,13H2,(H,33,35)(H2,31,34,38)(H2,32,36,37). The monoisotopic (exact) mass is 551 g/mol. The van der Waals surface area contributed by atoms with Crippen LogP contribution in [0.5, 0.6) is 5.75 Å². The zero-order valence-corrected chi connectivity index (χ0v) is 21.1. The van der Waals surface area contributed by atoms with Crippen LogP contribution in [0.15, 0.2) is 77.6 Å². The number of hydrogen-bond donors (Lipinski definition) is 5. The molecule has 192 valence electrons. The third-order valence-electron chi connectivity index (χ3n) is 5.90. The molecule has 0 saturated carbocycles. The summed E-state index contributed by atoms with van der Waals surface area (Å²) in [4.78, 5) is 34.8. The molecule has 2 aromatic heterocycles. The van der Waals surface area contributed by atoms with Gasteiger partial charge in [-0.25, -0.2) is 14.2 Å². The first kappa shape index (κ1) is 25.3. The lowest BCUT2D eigenvalue weighted by molar-refractivity contribution is 0.238. The molecule has 0 saturated heterocycles. The number of carbonyl (C=O) groups excluding carboxylic acids is 1. The van der Waals surface area contributed by atoms with Gasteiger partial charge >= 0.3 is 6.03 Å². The fourth-order valence-corrected chi connectivity index (χ4v) is 4.51. The first-order chi connectivity index (χ1) is 18.3. The van der Waals surface area contributed by atoms with E-state index in [0.717, 1.165) is 11.6 Å². The molecule has 0 aliphatic heterocycles. The predicted octanol–water partition coefficient (Wildman–Crippen LogP) is 5.66. The average molecular weight is 552 g/mol. The molecule has 11 heteroatoms. The van der Waals surface area contributed by atoms with Gasteiger partial charge in [0, 0.05) is 34.1 Å². The molecule has 0 aliphatic carbocycles. The lowest BCUT2D eigenvalue weighted by Crippen LogP contribution is -2.38. The lowest BCUT2D eigenvalue weighted by Gasteiger charge is -2.18. The summed E-state index contributed by atoms with van der Waals surface area (Å²) in [7, 11) is 0. The fourth-order valence-electron chi connectivity index (χ4n) is 4.07. The largest absolute Gasteiger partial charge is 0.507 e. The number of fused-ring (bicyclic) bond motifs is 1. The molecule has 0 radical (unpaired) electrons. The van der Waals surface area contributed by atoms with Gasteiger partial charge in [-0.2, -0.15) is 0 Å². The maximum absolute atomic E-state index is 14.1. The summed E-state index contributed by atoms with van der Waals surface area (Å²) >= 11 is 12.5. The van der Waals surface area contributed by atoms with E-state index in [0.29, 0.717) is 33.0 Å². The molecule has 38 heavy (non-hydrogen) atoms. The number of urea groups is 1. The van der Waals surface area contributed by atoms with Crippen LogP contribution in [-0.4, -0.2) is 26.1 Å². The minimum atomic E-state index is -0.725. The Labute approximate surface area is 225 Å². The van der Waals surface area contributed by atoms with Crippen LogP contribution in [0.4, 0.5) is 9.18 Å². The van der Waals surface area contributed by atoms with Crippen molar-refractivity contribution in [1.29, 1.82) is 0 Å². The SMILES string of the molecule is O=C(NCc1cc(Cl)ccc1F)NC(c1ccccc1)c1nc(-c2ccc3[nH]c(=O)cc(O)c3c2)c(Cl)[nH]1. The maximum atomic E-state index is 14.1. The van der Waals surface area contributed by atoms with Crippen molar-refractivity contribution >= 4 is 40.1 Å². The summed E-state index contributed by atoms with van der Waals surface area (Å²) in [5.41, 5.74) is 1.98. The molecule has 5 rings (SSSR count). The van der Waals surface area contributed by atoms with Crippen LogP contribution in [0, 0.1) is 5.82 Å². The molecule has 2 amide bonds. The summed E-state index contributed by atoms with van der Waals surface area (Å²) in [6.45, 7) is -0.0768. The van der Waals surface area contributed by atoms with E-state index in [4.69, 9.17) is 23.2 Å². The van der Waals surface area contributed by atoms with E-state index in [1.54, 1.807) is 18.2 Å². The Kier molecular flexibility index (Phi) is 7.04. The third kappa shape index (κ3) is 5.34. The van der Waals surface area contributed by atoms with E-state index >= 15 is 0 Å². The Balaban J connectivity index is 1.44. The number of nitrogens with one attached hydrogen (secondary N) is 4. The second kappa shape index (κ2) is 10.6. The number of H-pyrrole nitrogens is 2. The number of halogens is 3. The van der Waals surface area contributed by atoms with Crippen LogP contribution in [0.25, 0.3) is 22.2 Å². The predicted molar refractivity (Wildman–Crippen MR) is 144 cm³/mol. The number of benzene rings is 3. The molecule has 0 aliphatic rings. The molecular weight excluding hydrogens is 532 g/mol. The van der Waals surface area contributed by atoms with Crippen LogP contribution >= 0.6 is 23.2 Å². The molecule has 0 bridgehead atoms. The summed E-state index contributed by atoms with van der Waals surface area (Å²) in [5, 5.41) is 16.7. The minimum Gasteiger partial charge on any atom is -0.507 e. The van der Waals surface area contributed by atoms with Crippen LogP contribution < -0.4 is 16.2 Å². The maximum Gasteiger partial charge on any atom is 0.315 e. The highest BCUT2D eigenvalue weighted by molar-refractivity contribution is 6.32. The second-order valence-corrected chi connectivity index (χ2v) is 9.28. The molecule has 2 heterocycles. The molecule has 0 fully saturated rings. The first-order valence-corrected chi connectivity index (χ1v) is 12.2. The van der Waals surface area contributed by atoms with Gasteiger partial charge in [0.05, 0.1) is 5.52 Å². The van der Waals surface area contributed by atoms with Crippen molar-refractivity contribution in [3.8, 4) is 17.0 Å². The van der Waals surface area contributed by atoms with Crippen molar-refractivity contribution in [2.45, 2.75) is 12.6 Å². The smallest absolute Gasteiger partial charge is 0.315 e. The molecule has 5 aromatic rings. The van der Waals surface area contributed by atoms with Crippen LogP contribution in [-0.2, 0) is 6.54 Å². The van der Waals surface area contributed by atoms with Crippen molar-refractivity contribution in [2.24, 2.45) is 0 Å². The van der Waals surface area contributed by atoms with Crippen LogP contribution in [0.1, 0.15) is 23.0 Å². The van der Waals surface area contributed by atoms with Crippen molar-refractivity contribution < 1.29 is 14.3 Å². The topological polar surface area (TPSA) is 123 Å². The first-order valence-electron chi connectivity index (χ1n) is 11.4. The van der Waals surface area contributed by atoms with Gasteiger partial charge in [0.1, 0.15) is 34.3 Å². The lowest BCUT2D eigenvalue weighted by atomic mass is 10.1. The van der Waals surface area contributed by atoms with Gasteiger partial charge in [0.2, 0.25) is 0 Å². The minimum absolute atomic E-state index is 0.0768. The zero-order chi connectivity index (χ0) is 26.8. The van der Waals surface area contributed by atoms with Gasteiger partial charge < -0.3 is 25.7 Å². The number of aromatic nitrogens is 3. The van der Waals surface area contributed by atoms with Crippen molar-refractivity contribution in [3.63, 3.8) is 0 Å². The van der Waals surface area contributed by atoms with Gasteiger partial charge in [-0.05, 0) is 35.9 Å². The molecule has 1 atom stereocenters. The van der Waals surface area contributed by atoms with E-state index in [2.05, 4.69) is 25.6 Å². The van der Waals surface area contributed by atoms with Gasteiger partial charge in [-0.3, -0.25) is 4.79 Å². The summed E-state index contributed by atoms with van der Waals surface area (Å²) in [6, 6.07) is 18.1. The molecule has 1 unspecified atom stereocenters. The summed E-state index contributed by atoms with van der Waals surface area (Å²) in [5.74, 6) is -0.303. The number of nitrogens with zero attached hydrogens (tertiary/aromatic N) is 1. The highest BCUT2D eigenvalue weighted by Gasteiger charge is 2.23. The molecular formula is C27H20Cl2FN5O3. The van der Waals surface area contributed by atoms with Crippen LogP contribution in [0.3, 0.4) is 0 Å². The fraction of sp³-hybridized carbons (Fsp3) is 0.0741. The Bertz CT molecular complexity index is 1700. The van der Waals surface area contributed by atoms with Gasteiger partial charge in [-0.15, -0.1) is 0 Å². The quantitative estimate of drug-likeness (QED) is 0.187. The molecule has 5 N–H and O–H groups in total. The Morgan fingerprint density at radius 2 is 1.82 bits per heavy atom. The highest BCUT2D eigenvalue weighted by Crippen LogP contribution is 2.32. The number of hydrogen-bond acceptors (Lipinski definition) is 4.